The summed E-state index contributed by atoms with van der Waals surface area (Å²) in [6.07, 6.45) is 2.97. The molecule has 0 radical (unpaired) electrons. The SMILES string of the molecule is CCCNc1nc(-c2cc(C)c(C)cc2C)ncc1I. The molecule has 0 saturated heterocycles. The molecule has 0 bridgehead atoms. The number of halogens is 1. The first-order chi connectivity index (χ1) is 9.52. The molecule has 0 saturated carbocycles. The molecule has 1 aromatic heterocycles. The molecule has 0 unspecified atom stereocenters. The second-order valence-electron chi connectivity index (χ2n) is 5.07. The Bertz CT molecular complexity index is 623. The Balaban J connectivity index is 2.45. The van der Waals surface area contributed by atoms with Gasteiger partial charge in [0.2, 0.25) is 0 Å². The number of hydrogen-bond acceptors (Lipinski definition) is 3. The molecule has 0 aliphatic rings. The van der Waals surface area contributed by atoms with E-state index in [0.717, 1.165) is 33.7 Å². The quantitative estimate of drug-likeness (QED) is 0.793. The molecular formula is C16H20IN3. The van der Waals surface area contributed by atoms with Gasteiger partial charge in [-0.25, -0.2) is 9.97 Å². The fourth-order valence-electron chi connectivity index (χ4n) is 2.07. The van der Waals surface area contributed by atoms with Crippen LogP contribution in [-0.4, -0.2) is 16.5 Å². The van der Waals surface area contributed by atoms with Crippen LogP contribution in [0, 0.1) is 24.3 Å². The molecule has 106 valence electrons. The van der Waals surface area contributed by atoms with Crippen molar-refractivity contribution >= 4 is 28.4 Å². The molecule has 0 aliphatic carbocycles. The molecular weight excluding hydrogens is 361 g/mol. The van der Waals surface area contributed by atoms with Gasteiger partial charge in [0.15, 0.2) is 5.82 Å². The number of benzene rings is 1. The molecule has 2 rings (SSSR count). The lowest BCUT2D eigenvalue weighted by atomic mass is 10.0. The Morgan fingerprint density at radius 1 is 1.10 bits per heavy atom. The zero-order chi connectivity index (χ0) is 14.7. The van der Waals surface area contributed by atoms with Crippen LogP contribution in [0.15, 0.2) is 18.3 Å². The molecule has 1 N–H and O–H groups in total. The zero-order valence-corrected chi connectivity index (χ0v) is 14.6. The van der Waals surface area contributed by atoms with E-state index in [1.807, 2.05) is 6.20 Å². The van der Waals surface area contributed by atoms with Gasteiger partial charge in [-0.2, -0.15) is 0 Å². The van der Waals surface area contributed by atoms with E-state index in [4.69, 9.17) is 0 Å². The lowest BCUT2D eigenvalue weighted by Crippen LogP contribution is -2.06. The molecule has 20 heavy (non-hydrogen) atoms. The van der Waals surface area contributed by atoms with E-state index in [1.165, 1.54) is 16.7 Å². The molecule has 0 aliphatic heterocycles. The van der Waals surface area contributed by atoms with Gasteiger partial charge in [-0.3, -0.25) is 0 Å². The standard InChI is InChI=1S/C16H20IN3/c1-5-6-18-16-14(17)9-19-15(20-16)13-8-11(3)10(2)7-12(13)4/h7-9H,5-6H2,1-4H3,(H,18,19,20). The van der Waals surface area contributed by atoms with Crippen molar-refractivity contribution < 1.29 is 0 Å². The fourth-order valence-corrected chi connectivity index (χ4v) is 2.52. The fraction of sp³-hybridized carbons (Fsp3) is 0.375. The molecule has 0 fully saturated rings. The Labute approximate surface area is 134 Å². The van der Waals surface area contributed by atoms with Crippen LogP contribution in [0.2, 0.25) is 0 Å². The van der Waals surface area contributed by atoms with Crippen LogP contribution in [0.4, 0.5) is 5.82 Å². The molecule has 1 heterocycles. The van der Waals surface area contributed by atoms with Crippen molar-refractivity contribution in [2.24, 2.45) is 0 Å². The van der Waals surface area contributed by atoms with Crippen molar-refractivity contribution in [1.29, 1.82) is 0 Å². The monoisotopic (exact) mass is 381 g/mol. The van der Waals surface area contributed by atoms with Crippen LogP contribution >= 0.6 is 22.6 Å². The average molecular weight is 381 g/mol. The molecule has 0 amide bonds. The van der Waals surface area contributed by atoms with Crippen molar-refractivity contribution in [3.63, 3.8) is 0 Å². The Kier molecular flexibility index (Phi) is 4.96. The first kappa shape index (κ1) is 15.2. The van der Waals surface area contributed by atoms with E-state index in [1.54, 1.807) is 0 Å². The third-order valence-corrected chi connectivity index (χ3v) is 4.16. The largest absolute Gasteiger partial charge is 0.369 e. The lowest BCUT2D eigenvalue weighted by molar-refractivity contribution is 0.962. The van der Waals surface area contributed by atoms with Crippen LogP contribution in [0.5, 0.6) is 0 Å². The summed E-state index contributed by atoms with van der Waals surface area (Å²) in [5, 5.41) is 3.36. The molecule has 4 heteroatoms. The Morgan fingerprint density at radius 3 is 2.50 bits per heavy atom. The highest BCUT2D eigenvalue weighted by Crippen LogP contribution is 2.26. The smallest absolute Gasteiger partial charge is 0.161 e. The van der Waals surface area contributed by atoms with E-state index in [9.17, 15) is 0 Å². The summed E-state index contributed by atoms with van der Waals surface area (Å²) in [4.78, 5) is 9.17. The minimum Gasteiger partial charge on any atom is -0.369 e. The van der Waals surface area contributed by atoms with Gasteiger partial charge in [0.1, 0.15) is 5.82 Å². The van der Waals surface area contributed by atoms with Crippen molar-refractivity contribution in [3.8, 4) is 11.4 Å². The average Bonchev–Trinajstić information content (AvgIpc) is 2.42. The highest BCUT2D eigenvalue weighted by atomic mass is 127. The summed E-state index contributed by atoms with van der Waals surface area (Å²) in [7, 11) is 0. The van der Waals surface area contributed by atoms with Crippen molar-refractivity contribution in [2.75, 3.05) is 11.9 Å². The molecule has 0 spiro atoms. The van der Waals surface area contributed by atoms with Crippen LogP contribution in [0.25, 0.3) is 11.4 Å². The third kappa shape index (κ3) is 3.29. The minimum absolute atomic E-state index is 0.796. The number of anilines is 1. The minimum atomic E-state index is 0.796. The van der Waals surface area contributed by atoms with Crippen LogP contribution in [0.1, 0.15) is 30.0 Å². The lowest BCUT2D eigenvalue weighted by Gasteiger charge is -2.11. The maximum Gasteiger partial charge on any atom is 0.161 e. The number of aromatic nitrogens is 2. The Morgan fingerprint density at radius 2 is 1.80 bits per heavy atom. The normalized spacial score (nSPS) is 10.7. The molecule has 0 atom stereocenters. The second-order valence-corrected chi connectivity index (χ2v) is 6.23. The van der Waals surface area contributed by atoms with Gasteiger partial charge >= 0.3 is 0 Å². The molecule has 1 aromatic carbocycles. The van der Waals surface area contributed by atoms with Gasteiger partial charge in [0.05, 0.1) is 3.57 Å². The number of aryl methyl sites for hydroxylation is 3. The maximum atomic E-state index is 4.68. The highest BCUT2D eigenvalue weighted by molar-refractivity contribution is 14.1. The Hall–Kier alpha value is -1.17. The number of rotatable bonds is 4. The van der Waals surface area contributed by atoms with E-state index >= 15 is 0 Å². The molecule has 2 aromatic rings. The predicted molar refractivity (Wildman–Crippen MR) is 93.2 cm³/mol. The van der Waals surface area contributed by atoms with Crippen LogP contribution < -0.4 is 5.32 Å². The van der Waals surface area contributed by atoms with E-state index < -0.39 is 0 Å². The summed E-state index contributed by atoms with van der Waals surface area (Å²) in [5.74, 6) is 1.72. The summed E-state index contributed by atoms with van der Waals surface area (Å²) in [6.45, 7) is 9.45. The summed E-state index contributed by atoms with van der Waals surface area (Å²) in [5.41, 5.74) is 4.91. The second kappa shape index (κ2) is 6.52. The van der Waals surface area contributed by atoms with Gasteiger partial charge in [-0.1, -0.05) is 13.0 Å². The van der Waals surface area contributed by atoms with Gasteiger partial charge < -0.3 is 5.32 Å². The van der Waals surface area contributed by atoms with E-state index in [0.29, 0.717) is 0 Å². The van der Waals surface area contributed by atoms with E-state index in [-0.39, 0.29) is 0 Å². The van der Waals surface area contributed by atoms with Crippen LogP contribution in [0.3, 0.4) is 0 Å². The predicted octanol–water partition coefficient (Wildman–Crippen LogP) is 4.50. The highest BCUT2D eigenvalue weighted by Gasteiger charge is 2.10. The van der Waals surface area contributed by atoms with Gasteiger partial charge in [0, 0.05) is 18.3 Å². The van der Waals surface area contributed by atoms with Crippen molar-refractivity contribution in [1.82, 2.24) is 9.97 Å². The third-order valence-electron chi connectivity index (χ3n) is 3.37. The summed E-state index contributed by atoms with van der Waals surface area (Å²) >= 11 is 2.27. The van der Waals surface area contributed by atoms with Gasteiger partial charge in [-0.05, 0) is 72.5 Å². The van der Waals surface area contributed by atoms with Crippen molar-refractivity contribution in [3.05, 3.63) is 38.6 Å². The number of nitrogens with zero attached hydrogens (tertiary/aromatic N) is 2. The first-order valence-corrected chi connectivity index (χ1v) is 7.95. The van der Waals surface area contributed by atoms with Crippen LogP contribution in [-0.2, 0) is 0 Å². The van der Waals surface area contributed by atoms with Gasteiger partial charge in [0.25, 0.3) is 0 Å². The summed E-state index contributed by atoms with van der Waals surface area (Å²) in [6, 6.07) is 4.38. The topological polar surface area (TPSA) is 37.8 Å². The summed E-state index contributed by atoms with van der Waals surface area (Å²) < 4.78 is 1.06. The van der Waals surface area contributed by atoms with Crippen molar-refractivity contribution in [2.45, 2.75) is 34.1 Å². The maximum absolute atomic E-state index is 4.68. The van der Waals surface area contributed by atoms with Gasteiger partial charge in [-0.15, -0.1) is 0 Å². The zero-order valence-electron chi connectivity index (χ0n) is 12.4. The number of nitrogens with one attached hydrogen (secondary N) is 1. The van der Waals surface area contributed by atoms with E-state index in [2.05, 4.69) is 77.7 Å². The molecule has 3 nitrogen and oxygen atoms in total. The number of hydrogen-bond donors (Lipinski definition) is 1. The first-order valence-electron chi connectivity index (χ1n) is 6.87.